The minimum Gasteiger partial charge on any atom is -0.443 e. The lowest BCUT2D eigenvalue weighted by Gasteiger charge is -2.15. The molecule has 0 aromatic carbocycles. The zero-order valence-corrected chi connectivity index (χ0v) is 13.7. The summed E-state index contributed by atoms with van der Waals surface area (Å²) in [6, 6.07) is 0. The Bertz CT molecular complexity index is 423. The average molecular weight is 323 g/mol. The Morgan fingerprint density at radius 2 is 1.71 bits per heavy atom. The Hall–Kier alpha value is -0.950. The van der Waals surface area contributed by atoms with E-state index in [0.29, 0.717) is 12.8 Å². The van der Waals surface area contributed by atoms with Crippen LogP contribution in [0, 0.1) is 0 Å². The molecule has 0 saturated heterocycles. The molecule has 1 atom stereocenters. The molecule has 0 bridgehead atoms. The lowest BCUT2D eigenvalue weighted by atomic mass is 10.1. The third-order valence-corrected chi connectivity index (χ3v) is 4.29. The molecule has 0 aromatic heterocycles. The number of esters is 1. The molecule has 0 amide bonds. The number of hydrogen-bond donors (Lipinski definition) is 1. The second-order valence-corrected chi connectivity index (χ2v) is 6.95. The van der Waals surface area contributed by atoms with Crippen LogP contribution in [-0.2, 0) is 19.6 Å². The molecule has 7 heteroatoms. The zero-order chi connectivity index (χ0) is 16.3. The summed E-state index contributed by atoms with van der Waals surface area (Å²) in [5.74, 6) is -0.636. The van der Waals surface area contributed by atoms with Crippen molar-refractivity contribution >= 4 is 16.0 Å². The van der Waals surface area contributed by atoms with E-state index in [1.54, 1.807) is 0 Å². The van der Waals surface area contributed by atoms with Gasteiger partial charge in [0, 0.05) is 5.57 Å². The molecule has 21 heavy (non-hydrogen) atoms. The maximum absolute atomic E-state index is 11.9. The molecule has 0 aliphatic rings. The fourth-order valence-electron chi connectivity index (χ4n) is 1.69. The van der Waals surface area contributed by atoms with E-state index >= 15 is 0 Å². The maximum atomic E-state index is 11.9. The second kappa shape index (κ2) is 10.7. The van der Waals surface area contributed by atoms with Crippen molar-refractivity contribution < 1.29 is 22.3 Å². The van der Waals surface area contributed by atoms with Crippen LogP contribution in [0.15, 0.2) is 12.2 Å². The van der Waals surface area contributed by atoms with E-state index in [1.165, 1.54) is 13.8 Å². The van der Waals surface area contributed by atoms with Crippen molar-refractivity contribution in [2.45, 2.75) is 58.6 Å². The van der Waals surface area contributed by atoms with Crippen LogP contribution in [0.1, 0.15) is 52.4 Å². The quantitative estimate of drug-likeness (QED) is 0.259. The van der Waals surface area contributed by atoms with Crippen LogP contribution < -0.4 is 4.72 Å². The lowest BCUT2D eigenvalue weighted by molar-refractivity contribution is -0.143. The molecule has 0 radical (unpaired) electrons. The number of unbranched alkanes of at least 4 members (excludes halogenated alkanes) is 5. The summed E-state index contributed by atoms with van der Waals surface area (Å²) in [5.41, 5.74) is 0.217. The Morgan fingerprint density at radius 1 is 1.19 bits per heavy atom. The summed E-state index contributed by atoms with van der Waals surface area (Å²) < 4.78 is 42.5. The van der Waals surface area contributed by atoms with Crippen LogP contribution in [-0.4, -0.2) is 33.0 Å². The average Bonchev–Trinajstić information content (AvgIpc) is 2.36. The van der Waals surface area contributed by atoms with E-state index in [-0.39, 0.29) is 18.0 Å². The predicted octanol–water partition coefficient (Wildman–Crippen LogP) is 2.68. The van der Waals surface area contributed by atoms with Gasteiger partial charge in [-0.25, -0.2) is 13.2 Å². The van der Waals surface area contributed by atoms with Gasteiger partial charge in [0.1, 0.15) is 0 Å². The Labute approximate surface area is 127 Å². The number of halogens is 1. The summed E-state index contributed by atoms with van der Waals surface area (Å²) >= 11 is 0. The summed E-state index contributed by atoms with van der Waals surface area (Å²) in [7, 11) is -3.47. The molecule has 0 spiro atoms. The van der Waals surface area contributed by atoms with E-state index in [4.69, 9.17) is 4.74 Å². The van der Waals surface area contributed by atoms with Gasteiger partial charge in [-0.1, -0.05) is 32.3 Å². The number of hydrogen-bond acceptors (Lipinski definition) is 4. The van der Waals surface area contributed by atoms with Crippen molar-refractivity contribution in [1.29, 1.82) is 0 Å². The molecule has 0 aliphatic carbocycles. The van der Waals surface area contributed by atoms with Gasteiger partial charge in [-0.05, 0) is 26.7 Å². The van der Waals surface area contributed by atoms with Gasteiger partial charge in [0.25, 0.3) is 0 Å². The van der Waals surface area contributed by atoms with Crippen LogP contribution in [0.2, 0.25) is 0 Å². The van der Waals surface area contributed by atoms with Crippen LogP contribution in [0.4, 0.5) is 4.39 Å². The topological polar surface area (TPSA) is 72.5 Å². The third-order valence-electron chi connectivity index (χ3n) is 2.77. The number of ether oxygens (including phenoxy) is 1. The number of rotatable bonds is 12. The molecule has 0 aromatic rings. The first-order chi connectivity index (χ1) is 9.78. The van der Waals surface area contributed by atoms with Crippen LogP contribution in [0.25, 0.3) is 0 Å². The normalized spacial score (nSPS) is 12.9. The molecule has 0 rings (SSSR count). The number of nitrogens with one attached hydrogen (secondary N) is 1. The number of carbonyl (C=O) groups excluding carboxylic acids is 1. The van der Waals surface area contributed by atoms with Crippen LogP contribution >= 0.6 is 0 Å². The molecule has 0 aliphatic heterocycles. The Balaban J connectivity index is 3.87. The fourth-order valence-corrected chi connectivity index (χ4v) is 2.95. The van der Waals surface area contributed by atoms with E-state index in [0.717, 1.165) is 25.7 Å². The highest BCUT2D eigenvalue weighted by Crippen LogP contribution is 2.07. The van der Waals surface area contributed by atoms with Crippen molar-refractivity contribution in [3.05, 3.63) is 12.2 Å². The van der Waals surface area contributed by atoms with Gasteiger partial charge < -0.3 is 4.74 Å². The first-order valence-corrected chi connectivity index (χ1v) is 8.86. The van der Waals surface area contributed by atoms with Crippen molar-refractivity contribution in [2.75, 3.05) is 12.4 Å². The minimum absolute atomic E-state index is 0.00886. The van der Waals surface area contributed by atoms with Gasteiger partial charge in [0.15, 0.2) is 6.23 Å². The van der Waals surface area contributed by atoms with Crippen molar-refractivity contribution in [2.24, 2.45) is 0 Å². The SMILES string of the molecule is C=C(C)C(=O)OC(C)NS(=O)(=O)CCCCCCCCF. The van der Waals surface area contributed by atoms with Gasteiger partial charge in [-0.15, -0.1) is 0 Å². The largest absolute Gasteiger partial charge is 0.443 e. The molecule has 0 saturated carbocycles. The lowest BCUT2D eigenvalue weighted by Crippen LogP contribution is -2.37. The summed E-state index contributed by atoms with van der Waals surface area (Å²) in [4.78, 5) is 11.2. The zero-order valence-electron chi connectivity index (χ0n) is 12.9. The highest BCUT2D eigenvalue weighted by molar-refractivity contribution is 7.89. The Kier molecular flexibility index (Phi) is 10.2. The van der Waals surface area contributed by atoms with Crippen molar-refractivity contribution in [3.8, 4) is 0 Å². The fraction of sp³-hybridized carbons (Fsp3) is 0.786. The first kappa shape index (κ1) is 20.1. The van der Waals surface area contributed by atoms with Crippen LogP contribution in [0.5, 0.6) is 0 Å². The molecular formula is C14H26FNO4S. The highest BCUT2D eigenvalue weighted by Gasteiger charge is 2.17. The van der Waals surface area contributed by atoms with Gasteiger partial charge in [-0.3, -0.25) is 4.39 Å². The van der Waals surface area contributed by atoms with Gasteiger partial charge >= 0.3 is 5.97 Å². The smallest absolute Gasteiger partial charge is 0.334 e. The molecule has 1 unspecified atom stereocenters. The van der Waals surface area contributed by atoms with Gasteiger partial charge in [0.2, 0.25) is 10.0 Å². The number of sulfonamides is 1. The van der Waals surface area contributed by atoms with E-state index < -0.39 is 22.2 Å². The van der Waals surface area contributed by atoms with Crippen molar-refractivity contribution in [1.82, 2.24) is 4.72 Å². The minimum atomic E-state index is -3.47. The first-order valence-electron chi connectivity index (χ1n) is 7.21. The Morgan fingerprint density at radius 3 is 2.24 bits per heavy atom. The molecular weight excluding hydrogens is 297 g/mol. The monoisotopic (exact) mass is 323 g/mol. The van der Waals surface area contributed by atoms with Crippen LogP contribution in [0.3, 0.4) is 0 Å². The van der Waals surface area contributed by atoms with E-state index in [1.807, 2.05) is 0 Å². The maximum Gasteiger partial charge on any atom is 0.334 e. The molecule has 0 heterocycles. The second-order valence-electron chi connectivity index (χ2n) is 5.07. The highest BCUT2D eigenvalue weighted by atomic mass is 32.2. The van der Waals surface area contributed by atoms with Crippen molar-refractivity contribution in [3.63, 3.8) is 0 Å². The van der Waals surface area contributed by atoms with E-state index in [9.17, 15) is 17.6 Å². The van der Waals surface area contributed by atoms with Gasteiger partial charge in [0.05, 0.1) is 12.4 Å². The molecule has 5 nitrogen and oxygen atoms in total. The summed E-state index contributed by atoms with van der Waals surface area (Å²) in [5, 5.41) is 0. The number of carbonyl (C=O) groups is 1. The van der Waals surface area contributed by atoms with E-state index in [2.05, 4.69) is 11.3 Å². The molecule has 1 N–H and O–H groups in total. The number of alkyl halides is 1. The standard InChI is InChI=1S/C14H26FNO4S/c1-12(2)14(17)20-13(3)16-21(18,19)11-9-7-5-4-6-8-10-15/h13,16H,1,4-11H2,2-3H3. The molecule has 0 fully saturated rings. The predicted molar refractivity (Wildman–Crippen MR) is 81.0 cm³/mol. The summed E-state index contributed by atoms with van der Waals surface area (Å²) in [6.07, 6.45) is 3.64. The summed E-state index contributed by atoms with van der Waals surface area (Å²) in [6.45, 7) is 6.07. The third kappa shape index (κ3) is 11.4. The molecule has 124 valence electrons. The van der Waals surface area contributed by atoms with Gasteiger partial charge in [-0.2, -0.15) is 4.72 Å².